The molecule has 0 unspecified atom stereocenters. The smallest absolute Gasteiger partial charge is 0.125 e. The molecule has 1 aromatic heterocycles. The van der Waals surface area contributed by atoms with Crippen LogP contribution in [0.15, 0.2) is 42.6 Å². The van der Waals surface area contributed by atoms with Crippen molar-refractivity contribution in [2.24, 2.45) is 0 Å². The van der Waals surface area contributed by atoms with Crippen LogP contribution in [0.3, 0.4) is 0 Å². The Kier molecular flexibility index (Phi) is 4.46. The van der Waals surface area contributed by atoms with Crippen LogP contribution in [-0.2, 0) is 6.54 Å². The van der Waals surface area contributed by atoms with Crippen molar-refractivity contribution < 1.29 is 4.74 Å². The van der Waals surface area contributed by atoms with Crippen LogP contribution in [-0.4, -0.2) is 34.1 Å². The summed E-state index contributed by atoms with van der Waals surface area (Å²) in [6, 6.07) is 12.5. The number of rotatable bonds is 5. The largest absolute Gasteiger partial charge is 0.492 e. The average molecular weight is 283 g/mol. The molecule has 21 heavy (non-hydrogen) atoms. The van der Waals surface area contributed by atoms with Crippen LogP contribution in [0.25, 0.3) is 0 Å². The average Bonchev–Trinajstić information content (AvgIpc) is 2.93. The zero-order valence-corrected chi connectivity index (χ0v) is 12.4. The molecule has 0 N–H and O–H groups in total. The lowest BCUT2D eigenvalue weighted by Gasteiger charge is -2.24. The van der Waals surface area contributed by atoms with Gasteiger partial charge in [-0.15, -0.1) is 0 Å². The Labute approximate surface area is 125 Å². The molecule has 0 bridgehead atoms. The Morgan fingerprint density at radius 1 is 1.24 bits per heavy atom. The van der Waals surface area contributed by atoms with Gasteiger partial charge in [0.05, 0.1) is 5.69 Å². The van der Waals surface area contributed by atoms with Crippen LogP contribution in [0.1, 0.15) is 24.4 Å². The highest BCUT2D eigenvalue weighted by Crippen LogP contribution is 2.21. The Morgan fingerprint density at radius 2 is 2.10 bits per heavy atom. The third-order valence-electron chi connectivity index (χ3n) is 3.88. The molecule has 3 rings (SSSR count). The van der Waals surface area contributed by atoms with Gasteiger partial charge in [-0.05, 0) is 44.5 Å². The van der Waals surface area contributed by atoms with E-state index in [4.69, 9.17) is 4.74 Å². The molecule has 0 saturated carbocycles. The van der Waals surface area contributed by atoms with Crippen molar-refractivity contribution >= 4 is 0 Å². The van der Waals surface area contributed by atoms with E-state index in [2.05, 4.69) is 14.9 Å². The van der Waals surface area contributed by atoms with Gasteiger partial charge in [-0.3, -0.25) is 4.90 Å². The molecule has 2 aromatic rings. The second-order valence-corrected chi connectivity index (χ2v) is 5.49. The SMILES string of the molecule is Cc1nccc(CN2CCC[C@H]2COc2ccccc2)n1. The first-order valence-corrected chi connectivity index (χ1v) is 7.52. The number of aromatic nitrogens is 2. The van der Waals surface area contributed by atoms with Gasteiger partial charge in [0, 0.05) is 18.8 Å². The van der Waals surface area contributed by atoms with Crippen molar-refractivity contribution in [1.82, 2.24) is 14.9 Å². The van der Waals surface area contributed by atoms with Crippen LogP contribution in [0, 0.1) is 6.92 Å². The first-order valence-electron chi connectivity index (χ1n) is 7.52. The molecule has 1 saturated heterocycles. The molecule has 4 heteroatoms. The van der Waals surface area contributed by atoms with Crippen LogP contribution >= 0.6 is 0 Å². The Bertz CT molecular complexity index is 573. The third kappa shape index (κ3) is 3.79. The van der Waals surface area contributed by atoms with Crippen molar-refractivity contribution in [3.05, 3.63) is 54.1 Å². The van der Waals surface area contributed by atoms with Gasteiger partial charge >= 0.3 is 0 Å². The molecule has 1 aliphatic rings. The molecule has 0 amide bonds. The van der Waals surface area contributed by atoms with E-state index in [-0.39, 0.29) is 0 Å². The third-order valence-corrected chi connectivity index (χ3v) is 3.88. The molecule has 1 aliphatic heterocycles. The molecule has 1 aromatic carbocycles. The zero-order valence-electron chi connectivity index (χ0n) is 12.4. The molecular formula is C17H21N3O. The van der Waals surface area contributed by atoms with Gasteiger partial charge in [0.25, 0.3) is 0 Å². The summed E-state index contributed by atoms with van der Waals surface area (Å²) >= 11 is 0. The number of para-hydroxylation sites is 1. The summed E-state index contributed by atoms with van der Waals surface area (Å²) in [6.07, 6.45) is 4.26. The first-order chi connectivity index (χ1) is 10.3. The summed E-state index contributed by atoms with van der Waals surface area (Å²) in [7, 11) is 0. The van der Waals surface area contributed by atoms with Gasteiger partial charge in [0.1, 0.15) is 18.2 Å². The fourth-order valence-electron chi connectivity index (χ4n) is 2.80. The number of hydrogen-bond donors (Lipinski definition) is 0. The summed E-state index contributed by atoms with van der Waals surface area (Å²) in [5.74, 6) is 1.78. The fraction of sp³-hybridized carbons (Fsp3) is 0.412. The lowest BCUT2D eigenvalue weighted by molar-refractivity contribution is 0.165. The minimum Gasteiger partial charge on any atom is -0.492 e. The Balaban J connectivity index is 1.58. The quantitative estimate of drug-likeness (QED) is 0.845. The molecule has 2 heterocycles. The van der Waals surface area contributed by atoms with E-state index in [1.54, 1.807) is 0 Å². The molecule has 0 spiro atoms. The monoisotopic (exact) mass is 283 g/mol. The molecule has 4 nitrogen and oxygen atoms in total. The van der Waals surface area contributed by atoms with Gasteiger partial charge in [0.15, 0.2) is 0 Å². The number of aryl methyl sites for hydroxylation is 1. The topological polar surface area (TPSA) is 38.2 Å². The summed E-state index contributed by atoms with van der Waals surface area (Å²) in [4.78, 5) is 11.1. The zero-order chi connectivity index (χ0) is 14.5. The Morgan fingerprint density at radius 3 is 2.90 bits per heavy atom. The van der Waals surface area contributed by atoms with Crippen LogP contribution in [0.5, 0.6) is 5.75 Å². The lowest BCUT2D eigenvalue weighted by Crippen LogP contribution is -2.34. The minimum absolute atomic E-state index is 0.473. The van der Waals surface area contributed by atoms with E-state index in [0.29, 0.717) is 6.04 Å². The van der Waals surface area contributed by atoms with E-state index in [1.165, 1.54) is 12.8 Å². The van der Waals surface area contributed by atoms with Crippen LogP contribution in [0.2, 0.25) is 0 Å². The van der Waals surface area contributed by atoms with Crippen molar-refractivity contribution in [2.45, 2.75) is 32.4 Å². The van der Waals surface area contributed by atoms with E-state index in [0.717, 1.165) is 37.0 Å². The standard InChI is InChI=1S/C17H21N3O/c1-14-18-10-9-15(19-14)12-20-11-5-6-16(20)13-21-17-7-3-2-4-8-17/h2-4,7-10,16H,5-6,11-13H2,1H3/t16-/m0/s1. The Hall–Kier alpha value is -1.94. The van der Waals surface area contributed by atoms with E-state index < -0.39 is 0 Å². The maximum Gasteiger partial charge on any atom is 0.125 e. The van der Waals surface area contributed by atoms with Gasteiger partial charge in [-0.1, -0.05) is 18.2 Å². The second-order valence-electron chi connectivity index (χ2n) is 5.49. The van der Waals surface area contributed by atoms with Crippen LogP contribution in [0.4, 0.5) is 0 Å². The number of benzene rings is 1. The van der Waals surface area contributed by atoms with E-state index in [1.807, 2.05) is 49.5 Å². The van der Waals surface area contributed by atoms with Crippen molar-refractivity contribution in [1.29, 1.82) is 0 Å². The predicted molar refractivity (Wildman–Crippen MR) is 82.1 cm³/mol. The van der Waals surface area contributed by atoms with Gasteiger partial charge in [-0.2, -0.15) is 0 Å². The molecule has 0 radical (unpaired) electrons. The molecule has 1 fully saturated rings. The number of ether oxygens (including phenoxy) is 1. The maximum absolute atomic E-state index is 5.91. The van der Waals surface area contributed by atoms with E-state index in [9.17, 15) is 0 Å². The van der Waals surface area contributed by atoms with E-state index >= 15 is 0 Å². The van der Waals surface area contributed by atoms with Crippen molar-refractivity contribution in [2.75, 3.05) is 13.2 Å². The molecule has 1 atom stereocenters. The number of nitrogens with zero attached hydrogens (tertiary/aromatic N) is 3. The van der Waals surface area contributed by atoms with Crippen molar-refractivity contribution in [3.8, 4) is 5.75 Å². The highest BCUT2D eigenvalue weighted by atomic mass is 16.5. The summed E-state index contributed by atoms with van der Waals surface area (Å²) in [6.45, 7) is 4.68. The fourth-order valence-corrected chi connectivity index (χ4v) is 2.80. The molecule has 110 valence electrons. The molecule has 0 aliphatic carbocycles. The van der Waals surface area contributed by atoms with Gasteiger partial charge in [-0.25, -0.2) is 9.97 Å². The number of likely N-dealkylation sites (tertiary alicyclic amines) is 1. The highest BCUT2D eigenvalue weighted by molar-refractivity contribution is 5.21. The van der Waals surface area contributed by atoms with Gasteiger partial charge < -0.3 is 4.74 Å². The normalized spacial score (nSPS) is 18.8. The van der Waals surface area contributed by atoms with Gasteiger partial charge in [0.2, 0.25) is 0 Å². The lowest BCUT2D eigenvalue weighted by atomic mass is 10.2. The summed E-state index contributed by atoms with van der Waals surface area (Å²) < 4.78 is 5.91. The summed E-state index contributed by atoms with van der Waals surface area (Å²) in [5.41, 5.74) is 1.09. The minimum atomic E-state index is 0.473. The first kappa shape index (κ1) is 14.0. The van der Waals surface area contributed by atoms with Crippen LogP contribution < -0.4 is 4.74 Å². The second kappa shape index (κ2) is 6.68. The summed E-state index contributed by atoms with van der Waals surface area (Å²) in [5, 5.41) is 0. The highest BCUT2D eigenvalue weighted by Gasteiger charge is 2.25. The maximum atomic E-state index is 5.91. The van der Waals surface area contributed by atoms with Crippen molar-refractivity contribution in [3.63, 3.8) is 0 Å². The molecular weight excluding hydrogens is 262 g/mol. The predicted octanol–water partition coefficient (Wildman–Crippen LogP) is 2.83. The number of hydrogen-bond acceptors (Lipinski definition) is 4.